The van der Waals surface area contributed by atoms with Gasteiger partial charge in [-0.15, -0.1) is 10.2 Å². The van der Waals surface area contributed by atoms with Crippen LogP contribution in [0.3, 0.4) is 0 Å². The number of nitrogens with zero attached hydrogens (tertiary/aromatic N) is 2. The number of halogens is 2. The lowest BCUT2D eigenvalue weighted by atomic mass is 10.2. The highest BCUT2D eigenvalue weighted by Crippen LogP contribution is 2.31. The van der Waals surface area contributed by atoms with E-state index >= 15 is 0 Å². The number of benzene rings is 1. The average Bonchev–Trinajstić information content (AvgIpc) is 2.86. The molecule has 6 heteroatoms. The number of hydrogen-bond donors (Lipinski definition) is 1. The molecule has 114 valence electrons. The van der Waals surface area contributed by atoms with E-state index in [0.717, 1.165) is 41.5 Å². The van der Waals surface area contributed by atoms with E-state index in [4.69, 9.17) is 0 Å². The molecular weight excluding hydrogens is 353 g/mol. The Hall–Kier alpha value is -0.850. The average molecular weight is 372 g/mol. The lowest BCUT2D eigenvalue weighted by Gasteiger charge is -2.05. The van der Waals surface area contributed by atoms with Gasteiger partial charge in [0, 0.05) is 16.5 Å². The molecule has 1 heterocycles. The third-order valence-corrected chi connectivity index (χ3v) is 4.60. The monoisotopic (exact) mass is 371 g/mol. The highest BCUT2D eigenvalue weighted by Gasteiger charge is 2.10. The Balaban J connectivity index is 1.89. The quantitative estimate of drug-likeness (QED) is 0.737. The fourth-order valence-corrected chi connectivity index (χ4v) is 3.47. The van der Waals surface area contributed by atoms with Crippen molar-refractivity contribution in [3.8, 4) is 10.6 Å². The maximum Gasteiger partial charge on any atom is 0.148 e. The van der Waals surface area contributed by atoms with Crippen LogP contribution in [0.25, 0.3) is 10.6 Å². The standard InChI is InChI=1S/C15H19BrFN3S/c1-10(2)9-18-7-3-4-14-19-20-15(21-14)12-6-5-11(17)8-13(12)16/h5-6,8,10,18H,3-4,7,9H2,1-2H3. The highest BCUT2D eigenvalue weighted by molar-refractivity contribution is 9.10. The Bertz CT molecular complexity index is 586. The number of rotatable bonds is 7. The first kappa shape index (κ1) is 16.5. The van der Waals surface area contributed by atoms with Gasteiger partial charge in [-0.2, -0.15) is 0 Å². The van der Waals surface area contributed by atoms with Crippen molar-refractivity contribution in [2.75, 3.05) is 13.1 Å². The summed E-state index contributed by atoms with van der Waals surface area (Å²) in [6.07, 6.45) is 1.97. The van der Waals surface area contributed by atoms with Crippen molar-refractivity contribution in [3.05, 3.63) is 33.5 Å². The van der Waals surface area contributed by atoms with Crippen molar-refractivity contribution in [1.82, 2.24) is 15.5 Å². The second-order valence-corrected chi connectivity index (χ2v) is 7.24. The maximum absolute atomic E-state index is 13.1. The van der Waals surface area contributed by atoms with Crippen LogP contribution in [0.1, 0.15) is 25.3 Å². The molecule has 0 bridgehead atoms. The largest absolute Gasteiger partial charge is 0.316 e. The van der Waals surface area contributed by atoms with Crippen LogP contribution in [-0.2, 0) is 6.42 Å². The van der Waals surface area contributed by atoms with Crippen LogP contribution in [0.15, 0.2) is 22.7 Å². The molecule has 0 amide bonds. The van der Waals surface area contributed by atoms with E-state index in [1.165, 1.54) is 12.1 Å². The molecule has 0 aliphatic carbocycles. The van der Waals surface area contributed by atoms with Gasteiger partial charge in [-0.05, 0) is 59.6 Å². The van der Waals surface area contributed by atoms with Crippen molar-refractivity contribution >= 4 is 27.3 Å². The molecule has 2 aromatic rings. The fraction of sp³-hybridized carbons (Fsp3) is 0.467. The topological polar surface area (TPSA) is 37.8 Å². The fourth-order valence-electron chi connectivity index (χ4n) is 1.88. The van der Waals surface area contributed by atoms with Gasteiger partial charge in [0.05, 0.1) is 0 Å². The van der Waals surface area contributed by atoms with E-state index in [1.807, 2.05) is 0 Å². The summed E-state index contributed by atoms with van der Waals surface area (Å²) in [6, 6.07) is 4.62. The van der Waals surface area contributed by atoms with Gasteiger partial charge in [0.25, 0.3) is 0 Å². The van der Waals surface area contributed by atoms with E-state index in [0.29, 0.717) is 10.4 Å². The summed E-state index contributed by atoms with van der Waals surface area (Å²) in [5.41, 5.74) is 0.887. The van der Waals surface area contributed by atoms with Crippen LogP contribution in [0.2, 0.25) is 0 Å². The Morgan fingerprint density at radius 2 is 2.14 bits per heavy atom. The van der Waals surface area contributed by atoms with Crippen molar-refractivity contribution in [2.45, 2.75) is 26.7 Å². The molecule has 2 rings (SSSR count). The molecule has 0 aliphatic rings. The number of aryl methyl sites for hydroxylation is 1. The summed E-state index contributed by atoms with van der Waals surface area (Å²) in [4.78, 5) is 0. The molecule has 0 saturated carbocycles. The molecule has 1 aromatic heterocycles. The zero-order valence-corrected chi connectivity index (χ0v) is 14.6. The summed E-state index contributed by atoms with van der Waals surface area (Å²) in [5, 5.41) is 13.7. The number of hydrogen-bond acceptors (Lipinski definition) is 4. The molecular formula is C15H19BrFN3S. The Labute approximate surface area is 137 Å². The Kier molecular flexibility index (Phi) is 6.26. The van der Waals surface area contributed by atoms with Gasteiger partial charge in [-0.25, -0.2) is 4.39 Å². The van der Waals surface area contributed by atoms with E-state index in [9.17, 15) is 4.39 Å². The molecule has 0 unspecified atom stereocenters. The molecule has 0 aliphatic heterocycles. The third kappa shape index (κ3) is 5.13. The van der Waals surface area contributed by atoms with Crippen molar-refractivity contribution < 1.29 is 4.39 Å². The van der Waals surface area contributed by atoms with Gasteiger partial charge < -0.3 is 5.32 Å². The minimum atomic E-state index is -0.258. The smallest absolute Gasteiger partial charge is 0.148 e. The highest BCUT2D eigenvalue weighted by atomic mass is 79.9. The molecule has 0 spiro atoms. The van der Waals surface area contributed by atoms with Gasteiger partial charge in [0.15, 0.2) is 0 Å². The van der Waals surface area contributed by atoms with Gasteiger partial charge in [0.1, 0.15) is 15.8 Å². The summed E-state index contributed by atoms with van der Waals surface area (Å²) in [7, 11) is 0. The van der Waals surface area contributed by atoms with Gasteiger partial charge in [-0.1, -0.05) is 25.2 Å². The minimum Gasteiger partial charge on any atom is -0.316 e. The summed E-state index contributed by atoms with van der Waals surface area (Å²) in [6.45, 7) is 6.44. The van der Waals surface area contributed by atoms with E-state index in [2.05, 4.69) is 45.3 Å². The van der Waals surface area contributed by atoms with Crippen molar-refractivity contribution in [1.29, 1.82) is 0 Å². The maximum atomic E-state index is 13.1. The second-order valence-electron chi connectivity index (χ2n) is 5.33. The lowest BCUT2D eigenvalue weighted by Crippen LogP contribution is -2.21. The summed E-state index contributed by atoms with van der Waals surface area (Å²) in [5.74, 6) is 0.417. The molecule has 0 fully saturated rings. The van der Waals surface area contributed by atoms with E-state index in [1.54, 1.807) is 17.4 Å². The van der Waals surface area contributed by atoms with Crippen LogP contribution in [-0.4, -0.2) is 23.3 Å². The molecule has 0 saturated heterocycles. The number of aromatic nitrogens is 2. The van der Waals surface area contributed by atoms with E-state index < -0.39 is 0 Å². The Morgan fingerprint density at radius 3 is 2.86 bits per heavy atom. The molecule has 3 nitrogen and oxygen atoms in total. The van der Waals surface area contributed by atoms with E-state index in [-0.39, 0.29) is 5.82 Å². The molecule has 0 atom stereocenters. The molecule has 1 N–H and O–H groups in total. The lowest BCUT2D eigenvalue weighted by molar-refractivity contribution is 0.542. The predicted octanol–water partition coefficient (Wildman–Crippen LogP) is 4.28. The van der Waals surface area contributed by atoms with Crippen LogP contribution >= 0.6 is 27.3 Å². The number of nitrogens with one attached hydrogen (secondary N) is 1. The molecule has 0 radical (unpaired) electrons. The minimum absolute atomic E-state index is 0.258. The van der Waals surface area contributed by atoms with Crippen molar-refractivity contribution in [2.24, 2.45) is 5.92 Å². The Morgan fingerprint density at radius 1 is 1.33 bits per heavy atom. The predicted molar refractivity (Wildman–Crippen MR) is 89.0 cm³/mol. The van der Waals surface area contributed by atoms with Gasteiger partial charge >= 0.3 is 0 Å². The first-order valence-electron chi connectivity index (χ1n) is 7.05. The summed E-state index contributed by atoms with van der Waals surface area (Å²) >= 11 is 4.94. The first-order chi connectivity index (χ1) is 10.1. The third-order valence-electron chi connectivity index (χ3n) is 2.93. The summed E-state index contributed by atoms with van der Waals surface area (Å²) < 4.78 is 13.8. The van der Waals surface area contributed by atoms with Crippen molar-refractivity contribution in [3.63, 3.8) is 0 Å². The van der Waals surface area contributed by atoms with Crippen LogP contribution in [0.4, 0.5) is 4.39 Å². The SMILES string of the molecule is CC(C)CNCCCc1nnc(-c2ccc(F)cc2Br)s1. The molecule has 21 heavy (non-hydrogen) atoms. The normalized spacial score (nSPS) is 11.3. The first-order valence-corrected chi connectivity index (χ1v) is 8.65. The van der Waals surface area contributed by atoms with Gasteiger partial charge in [-0.3, -0.25) is 0 Å². The molecule has 1 aromatic carbocycles. The zero-order valence-electron chi connectivity index (χ0n) is 12.2. The zero-order chi connectivity index (χ0) is 15.2. The second kappa shape index (κ2) is 7.96. The van der Waals surface area contributed by atoms with Crippen LogP contribution in [0.5, 0.6) is 0 Å². The van der Waals surface area contributed by atoms with Crippen LogP contribution in [0, 0.1) is 11.7 Å². The van der Waals surface area contributed by atoms with Crippen LogP contribution < -0.4 is 5.32 Å². The van der Waals surface area contributed by atoms with Gasteiger partial charge in [0.2, 0.25) is 0 Å².